The lowest BCUT2D eigenvalue weighted by Crippen LogP contribution is -2.39. The van der Waals surface area contributed by atoms with E-state index in [1.54, 1.807) is 0 Å². The molecule has 0 amide bonds. The van der Waals surface area contributed by atoms with Crippen LogP contribution in [0, 0.1) is 0 Å². The molecule has 0 fully saturated rings. The van der Waals surface area contributed by atoms with Crippen LogP contribution >= 0.6 is 0 Å². The first-order valence-electron chi connectivity index (χ1n) is 5.34. The maximum atomic E-state index is 4.20. The van der Waals surface area contributed by atoms with Gasteiger partial charge in [0.15, 0.2) is 0 Å². The van der Waals surface area contributed by atoms with Gasteiger partial charge in [0.05, 0.1) is 6.54 Å². The Balaban J connectivity index is 2.41. The Kier molecular flexibility index (Phi) is 4.14. The van der Waals surface area contributed by atoms with Gasteiger partial charge in [0, 0.05) is 31.0 Å². The summed E-state index contributed by atoms with van der Waals surface area (Å²) in [6, 6.07) is 3.17. The Morgan fingerprint density at radius 1 is 1.21 bits per heavy atom. The van der Waals surface area contributed by atoms with E-state index in [0.29, 0.717) is 12.1 Å². The second-order valence-electron chi connectivity index (χ2n) is 4.19. The molecule has 14 heavy (non-hydrogen) atoms. The van der Waals surface area contributed by atoms with Crippen LogP contribution in [-0.4, -0.2) is 33.3 Å². The van der Waals surface area contributed by atoms with Crippen LogP contribution in [0.2, 0.25) is 0 Å². The van der Waals surface area contributed by atoms with Crippen molar-refractivity contribution >= 4 is 0 Å². The van der Waals surface area contributed by atoms with Gasteiger partial charge in [-0.15, -0.1) is 0 Å². The summed E-state index contributed by atoms with van der Waals surface area (Å²) in [4.78, 5) is 2.47. The second-order valence-corrected chi connectivity index (χ2v) is 4.19. The average molecular weight is 195 g/mol. The van der Waals surface area contributed by atoms with Gasteiger partial charge in [0.25, 0.3) is 0 Å². The lowest BCUT2D eigenvalue weighted by molar-refractivity contribution is 0.166. The average Bonchev–Trinajstić information content (AvgIpc) is 2.55. The SMILES string of the molecule is CC(C)N(CCn1cccn1)C(C)C. The molecule has 3 nitrogen and oxygen atoms in total. The van der Waals surface area contributed by atoms with Gasteiger partial charge in [-0.25, -0.2) is 0 Å². The zero-order valence-electron chi connectivity index (χ0n) is 9.64. The number of nitrogens with zero attached hydrogens (tertiary/aromatic N) is 3. The van der Waals surface area contributed by atoms with Crippen molar-refractivity contribution in [3.63, 3.8) is 0 Å². The van der Waals surface area contributed by atoms with Gasteiger partial charge in [-0.2, -0.15) is 5.10 Å². The van der Waals surface area contributed by atoms with Crippen LogP contribution in [0.4, 0.5) is 0 Å². The third-order valence-electron chi connectivity index (χ3n) is 2.47. The molecule has 0 N–H and O–H groups in total. The molecule has 0 radical (unpaired) electrons. The Hall–Kier alpha value is -0.830. The van der Waals surface area contributed by atoms with Crippen LogP contribution in [0.3, 0.4) is 0 Å². The molecule has 0 aliphatic heterocycles. The predicted octanol–water partition coefficient (Wildman–Crippen LogP) is 2.00. The largest absolute Gasteiger partial charge is 0.297 e. The Labute approximate surface area is 86.7 Å². The number of hydrogen-bond acceptors (Lipinski definition) is 2. The second kappa shape index (κ2) is 5.15. The zero-order chi connectivity index (χ0) is 10.6. The molecule has 80 valence electrons. The number of rotatable bonds is 5. The van der Waals surface area contributed by atoms with Crippen LogP contribution in [0.1, 0.15) is 27.7 Å². The van der Waals surface area contributed by atoms with Crippen molar-refractivity contribution in [3.05, 3.63) is 18.5 Å². The van der Waals surface area contributed by atoms with Gasteiger partial charge in [0.1, 0.15) is 0 Å². The Morgan fingerprint density at radius 2 is 1.86 bits per heavy atom. The van der Waals surface area contributed by atoms with Crippen molar-refractivity contribution in [2.75, 3.05) is 6.54 Å². The van der Waals surface area contributed by atoms with E-state index in [1.807, 2.05) is 23.1 Å². The molecular weight excluding hydrogens is 174 g/mol. The first kappa shape index (κ1) is 11.2. The quantitative estimate of drug-likeness (QED) is 0.716. The molecule has 3 heteroatoms. The highest BCUT2D eigenvalue weighted by Gasteiger charge is 2.12. The monoisotopic (exact) mass is 195 g/mol. The topological polar surface area (TPSA) is 21.1 Å². The van der Waals surface area contributed by atoms with E-state index in [2.05, 4.69) is 37.7 Å². The van der Waals surface area contributed by atoms with Gasteiger partial charge in [-0.3, -0.25) is 9.58 Å². The summed E-state index contributed by atoms with van der Waals surface area (Å²) in [6.45, 7) is 11.0. The van der Waals surface area contributed by atoms with E-state index in [1.165, 1.54) is 0 Å². The van der Waals surface area contributed by atoms with E-state index in [4.69, 9.17) is 0 Å². The maximum absolute atomic E-state index is 4.20. The van der Waals surface area contributed by atoms with Crippen molar-refractivity contribution in [2.24, 2.45) is 0 Å². The molecular formula is C11H21N3. The molecule has 0 saturated carbocycles. The van der Waals surface area contributed by atoms with Crippen LogP contribution < -0.4 is 0 Å². The van der Waals surface area contributed by atoms with E-state index in [0.717, 1.165) is 13.1 Å². The molecule has 0 saturated heterocycles. The summed E-state index contributed by atoms with van der Waals surface area (Å²) < 4.78 is 1.98. The molecule has 0 atom stereocenters. The molecule has 0 spiro atoms. The van der Waals surface area contributed by atoms with Gasteiger partial charge >= 0.3 is 0 Å². The summed E-state index contributed by atoms with van der Waals surface area (Å²) in [5, 5.41) is 4.20. The summed E-state index contributed by atoms with van der Waals surface area (Å²) in [7, 11) is 0. The van der Waals surface area contributed by atoms with Crippen molar-refractivity contribution < 1.29 is 0 Å². The third kappa shape index (κ3) is 3.14. The van der Waals surface area contributed by atoms with Gasteiger partial charge < -0.3 is 0 Å². The van der Waals surface area contributed by atoms with Crippen LogP contribution in [0.15, 0.2) is 18.5 Å². The molecule has 0 aliphatic carbocycles. The first-order chi connectivity index (χ1) is 6.61. The number of aromatic nitrogens is 2. The predicted molar refractivity (Wildman–Crippen MR) is 59.2 cm³/mol. The normalized spacial score (nSPS) is 11.9. The van der Waals surface area contributed by atoms with Crippen molar-refractivity contribution in [1.82, 2.24) is 14.7 Å². The van der Waals surface area contributed by atoms with Crippen molar-refractivity contribution in [3.8, 4) is 0 Å². The summed E-state index contributed by atoms with van der Waals surface area (Å²) in [5.41, 5.74) is 0. The van der Waals surface area contributed by atoms with Gasteiger partial charge in [0.2, 0.25) is 0 Å². The molecule has 1 aromatic heterocycles. The van der Waals surface area contributed by atoms with Crippen LogP contribution in [-0.2, 0) is 6.54 Å². The molecule has 0 aliphatic rings. The van der Waals surface area contributed by atoms with Crippen molar-refractivity contribution in [2.45, 2.75) is 46.3 Å². The zero-order valence-corrected chi connectivity index (χ0v) is 9.64. The standard InChI is InChI=1S/C11H21N3/c1-10(2)14(11(3)4)9-8-13-7-5-6-12-13/h5-7,10-11H,8-9H2,1-4H3. The van der Waals surface area contributed by atoms with Crippen LogP contribution in [0.5, 0.6) is 0 Å². The highest BCUT2D eigenvalue weighted by Crippen LogP contribution is 2.04. The minimum absolute atomic E-state index is 0.602. The lowest BCUT2D eigenvalue weighted by Gasteiger charge is -2.30. The number of hydrogen-bond donors (Lipinski definition) is 0. The molecule has 0 bridgehead atoms. The van der Waals surface area contributed by atoms with Gasteiger partial charge in [-0.05, 0) is 33.8 Å². The van der Waals surface area contributed by atoms with Crippen LogP contribution in [0.25, 0.3) is 0 Å². The Morgan fingerprint density at radius 3 is 2.29 bits per heavy atom. The first-order valence-corrected chi connectivity index (χ1v) is 5.34. The molecule has 1 rings (SSSR count). The highest BCUT2D eigenvalue weighted by atomic mass is 15.3. The fraction of sp³-hybridized carbons (Fsp3) is 0.727. The fourth-order valence-electron chi connectivity index (χ4n) is 1.76. The highest BCUT2D eigenvalue weighted by molar-refractivity contribution is 4.78. The maximum Gasteiger partial charge on any atom is 0.0536 e. The molecule has 1 heterocycles. The molecule has 0 aromatic carbocycles. The summed E-state index contributed by atoms with van der Waals surface area (Å²) in [5.74, 6) is 0. The van der Waals surface area contributed by atoms with Gasteiger partial charge in [-0.1, -0.05) is 0 Å². The molecule has 0 unspecified atom stereocenters. The minimum Gasteiger partial charge on any atom is -0.297 e. The smallest absolute Gasteiger partial charge is 0.0536 e. The van der Waals surface area contributed by atoms with E-state index in [9.17, 15) is 0 Å². The summed E-state index contributed by atoms with van der Waals surface area (Å²) in [6.07, 6.45) is 3.84. The molecule has 1 aromatic rings. The summed E-state index contributed by atoms with van der Waals surface area (Å²) >= 11 is 0. The minimum atomic E-state index is 0.602. The Bertz CT molecular complexity index is 231. The fourth-order valence-corrected chi connectivity index (χ4v) is 1.76. The van der Waals surface area contributed by atoms with Crippen molar-refractivity contribution in [1.29, 1.82) is 0 Å². The lowest BCUT2D eigenvalue weighted by atomic mass is 10.2. The third-order valence-corrected chi connectivity index (χ3v) is 2.47. The van der Waals surface area contributed by atoms with E-state index < -0.39 is 0 Å². The van der Waals surface area contributed by atoms with E-state index >= 15 is 0 Å². The van der Waals surface area contributed by atoms with E-state index in [-0.39, 0.29) is 0 Å².